The maximum atomic E-state index is 5.48. The van der Waals surface area contributed by atoms with E-state index in [-0.39, 0.29) is 0 Å². The van der Waals surface area contributed by atoms with Crippen LogP contribution in [0.15, 0.2) is 59.1 Å². The van der Waals surface area contributed by atoms with Crippen LogP contribution >= 0.6 is 0 Å². The Balaban J connectivity index is 1.60. The van der Waals surface area contributed by atoms with Crippen molar-refractivity contribution in [3.63, 3.8) is 0 Å². The van der Waals surface area contributed by atoms with Crippen molar-refractivity contribution in [1.29, 1.82) is 0 Å². The lowest BCUT2D eigenvalue weighted by Gasteiger charge is -2.25. The van der Waals surface area contributed by atoms with Crippen LogP contribution in [0, 0.1) is 0 Å². The fourth-order valence-corrected chi connectivity index (χ4v) is 3.57. The highest BCUT2D eigenvalue weighted by Gasteiger charge is 2.18. The van der Waals surface area contributed by atoms with Crippen molar-refractivity contribution in [3.05, 3.63) is 48.9 Å². The summed E-state index contributed by atoms with van der Waals surface area (Å²) < 4.78 is 12.7. The number of ether oxygens (including phenoxy) is 2. The molecular weight excluding hydrogens is 420 g/mol. The number of aryl methyl sites for hydroxylation is 1. The Labute approximate surface area is 190 Å². The van der Waals surface area contributed by atoms with E-state index in [4.69, 9.17) is 19.4 Å². The summed E-state index contributed by atoms with van der Waals surface area (Å²) in [5.74, 6) is 2.06. The molecule has 0 saturated carbocycles. The number of fused-ring (bicyclic) bond motifs is 1. The van der Waals surface area contributed by atoms with Gasteiger partial charge >= 0.3 is 0 Å². The predicted octanol–water partition coefficient (Wildman–Crippen LogP) is 3.41. The molecule has 10 heteroatoms. The van der Waals surface area contributed by atoms with Crippen LogP contribution in [0.1, 0.15) is 6.42 Å². The summed E-state index contributed by atoms with van der Waals surface area (Å²) in [4.78, 5) is 16.2. The van der Waals surface area contributed by atoms with Gasteiger partial charge in [0.05, 0.1) is 50.3 Å². The third-order valence-corrected chi connectivity index (χ3v) is 5.27. The highest BCUT2D eigenvalue weighted by Crippen LogP contribution is 2.33. The Morgan fingerprint density at radius 3 is 2.52 bits per heavy atom. The van der Waals surface area contributed by atoms with Gasteiger partial charge in [-0.05, 0) is 12.1 Å². The van der Waals surface area contributed by atoms with Crippen molar-refractivity contribution in [2.75, 3.05) is 25.7 Å². The van der Waals surface area contributed by atoms with Crippen LogP contribution < -0.4 is 14.4 Å². The molecule has 0 fully saturated rings. The van der Waals surface area contributed by atoms with Gasteiger partial charge in [-0.3, -0.25) is 9.67 Å². The SMILES string of the molecule is COc1cc(OC)cc(N(CC2=NN=CC2)c2ccc3ncc(-c4cnn(C)c4)nc3n2)c1. The van der Waals surface area contributed by atoms with Gasteiger partial charge in [0.2, 0.25) is 0 Å². The largest absolute Gasteiger partial charge is 0.497 e. The second-order valence-corrected chi connectivity index (χ2v) is 7.50. The molecule has 0 N–H and O–H groups in total. The molecule has 0 aliphatic carbocycles. The Morgan fingerprint density at radius 1 is 1.03 bits per heavy atom. The van der Waals surface area contributed by atoms with Crippen molar-refractivity contribution in [2.24, 2.45) is 17.3 Å². The van der Waals surface area contributed by atoms with Gasteiger partial charge in [-0.1, -0.05) is 0 Å². The van der Waals surface area contributed by atoms with Crippen molar-refractivity contribution in [2.45, 2.75) is 6.42 Å². The molecule has 0 atom stereocenters. The number of anilines is 2. The molecule has 4 aromatic rings. The van der Waals surface area contributed by atoms with E-state index < -0.39 is 0 Å². The maximum Gasteiger partial charge on any atom is 0.180 e. The number of benzene rings is 1. The van der Waals surface area contributed by atoms with Gasteiger partial charge < -0.3 is 14.4 Å². The van der Waals surface area contributed by atoms with E-state index in [1.165, 1.54) is 0 Å². The summed E-state index contributed by atoms with van der Waals surface area (Å²) in [6, 6.07) is 9.53. The summed E-state index contributed by atoms with van der Waals surface area (Å²) in [7, 11) is 5.12. The molecule has 0 saturated heterocycles. The van der Waals surface area contributed by atoms with Crippen molar-refractivity contribution < 1.29 is 9.47 Å². The predicted molar refractivity (Wildman–Crippen MR) is 127 cm³/mol. The van der Waals surface area contributed by atoms with Crippen molar-refractivity contribution in [1.82, 2.24) is 24.7 Å². The number of hydrogen-bond donors (Lipinski definition) is 0. The molecule has 0 amide bonds. The molecular formula is C23H22N8O2. The number of pyridine rings is 1. The fraction of sp³-hybridized carbons (Fsp3) is 0.217. The van der Waals surface area contributed by atoms with Crippen LogP contribution in [0.5, 0.6) is 11.5 Å². The number of nitrogens with zero attached hydrogens (tertiary/aromatic N) is 8. The fourth-order valence-electron chi connectivity index (χ4n) is 3.57. The van der Waals surface area contributed by atoms with Crippen LogP contribution in [-0.2, 0) is 7.05 Å². The minimum absolute atomic E-state index is 0.505. The Morgan fingerprint density at radius 2 is 1.85 bits per heavy atom. The molecule has 0 unspecified atom stereocenters. The molecule has 1 aromatic carbocycles. The quantitative estimate of drug-likeness (QED) is 0.432. The second-order valence-electron chi connectivity index (χ2n) is 7.50. The van der Waals surface area contributed by atoms with E-state index >= 15 is 0 Å². The van der Waals surface area contributed by atoms with Gasteiger partial charge in [0.1, 0.15) is 22.8 Å². The molecule has 4 heterocycles. The standard InChI is InChI=1S/C23H22N8O2/c1-30-13-15(11-26-30)21-12-24-20-4-5-22(28-23(20)27-21)31(14-16-6-7-25-29-16)17-8-18(32-2)10-19(9-17)33-3/h4-5,7-13H,6,14H2,1-3H3. The van der Waals surface area contributed by atoms with E-state index in [0.717, 1.165) is 17.0 Å². The topological polar surface area (TPSA) is 103 Å². The first kappa shape index (κ1) is 20.6. The third kappa shape index (κ3) is 4.22. The molecule has 1 aliphatic rings. The van der Waals surface area contributed by atoms with Crippen LogP contribution in [-0.4, -0.2) is 57.4 Å². The zero-order valence-corrected chi connectivity index (χ0v) is 18.5. The van der Waals surface area contributed by atoms with Crippen LogP contribution in [0.3, 0.4) is 0 Å². The van der Waals surface area contributed by atoms with E-state index in [2.05, 4.69) is 20.3 Å². The van der Waals surface area contributed by atoms with Crippen LogP contribution in [0.2, 0.25) is 0 Å². The Kier molecular flexibility index (Phi) is 5.39. The average Bonchev–Trinajstić information content (AvgIpc) is 3.53. The lowest BCUT2D eigenvalue weighted by Crippen LogP contribution is -2.25. The monoisotopic (exact) mass is 442 g/mol. The number of methoxy groups -OCH3 is 2. The average molecular weight is 442 g/mol. The Hall–Kier alpha value is -4.34. The third-order valence-electron chi connectivity index (χ3n) is 5.27. The first-order valence-corrected chi connectivity index (χ1v) is 10.3. The summed E-state index contributed by atoms with van der Waals surface area (Å²) in [6.07, 6.45) is 7.87. The van der Waals surface area contributed by atoms with Crippen LogP contribution in [0.25, 0.3) is 22.4 Å². The molecule has 5 rings (SSSR count). The molecule has 3 aromatic heterocycles. The second kappa shape index (κ2) is 8.65. The molecule has 33 heavy (non-hydrogen) atoms. The normalized spacial score (nSPS) is 12.8. The molecule has 0 spiro atoms. The summed E-state index contributed by atoms with van der Waals surface area (Å²) in [5, 5.41) is 12.5. The number of rotatable bonds is 7. The molecule has 1 aliphatic heterocycles. The van der Waals surface area contributed by atoms with Gasteiger partial charge in [0, 0.05) is 49.6 Å². The molecule has 166 valence electrons. The number of hydrogen-bond acceptors (Lipinski definition) is 9. The van der Waals surface area contributed by atoms with E-state index in [0.29, 0.717) is 47.1 Å². The van der Waals surface area contributed by atoms with Crippen LogP contribution in [0.4, 0.5) is 11.5 Å². The first-order valence-electron chi connectivity index (χ1n) is 10.3. The minimum atomic E-state index is 0.505. The summed E-state index contributed by atoms with van der Waals surface area (Å²) in [6.45, 7) is 0.505. The summed E-state index contributed by atoms with van der Waals surface area (Å²) in [5.41, 5.74) is 4.61. The zero-order valence-electron chi connectivity index (χ0n) is 18.5. The molecule has 0 radical (unpaired) electrons. The highest BCUT2D eigenvalue weighted by atomic mass is 16.5. The molecule has 10 nitrogen and oxygen atoms in total. The van der Waals surface area contributed by atoms with Gasteiger partial charge in [-0.25, -0.2) is 9.97 Å². The van der Waals surface area contributed by atoms with Gasteiger partial charge in [0.25, 0.3) is 0 Å². The van der Waals surface area contributed by atoms with E-state index in [9.17, 15) is 0 Å². The van der Waals surface area contributed by atoms with E-state index in [1.54, 1.807) is 37.5 Å². The maximum absolute atomic E-state index is 5.48. The lowest BCUT2D eigenvalue weighted by molar-refractivity contribution is 0.394. The number of aromatic nitrogens is 5. The smallest absolute Gasteiger partial charge is 0.180 e. The van der Waals surface area contributed by atoms with Gasteiger partial charge in [-0.2, -0.15) is 15.3 Å². The zero-order chi connectivity index (χ0) is 22.8. The van der Waals surface area contributed by atoms with Gasteiger partial charge in [-0.15, -0.1) is 0 Å². The van der Waals surface area contributed by atoms with E-state index in [1.807, 2.05) is 48.5 Å². The summed E-state index contributed by atoms with van der Waals surface area (Å²) >= 11 is 0. The van der Waals surface area contributed by atoms with Gasteiger partial charge in [0.15, 0.2) is 5.65 Å². The molecule has 0 bridgehead atoms. The lowest BCUT2D eigenvalue weighted by atomic mass is 10.2. The minimum Gasteiger partial charge on any atom is -0.497 e. The first-order chi connectivity index (χ1) is 16.1. The Bertz CT molecular complexity index is 1360. The highest BCUT2D eigenvalue weighted by molar-refractivity contribution is 6.01. The van der Waals surface area contributed by atoms with Crippen molar-refractivity contribution >= 4 is 34.6 Å². The van der Waals surface area contributed by atoms with Crippen molar-refractivity contribution in [3.8, 4) is 22.8 Å².